The standard InChI is InChI=1S/C26H30N6O4S/c1-18-25(19(2)32(29-18)17-24(33)31-14-11-20-7-3-4-10-23(20)31)37(35,36)30-13-6-8-21(16-30)26(34)28-22-9-5-12-27-15-22/h3-5,7,9-10,12,15,21H,6,8,11,13-14,16-17H2,1-2H3,(H,28,34)/t21-/m0/s1. The molecule has 3 aromatic rings. The number of aryl methyl sites for hydroxylation is 1. The summed E-state index contributed by atoms with van der Waals surface area (Å²) in [7, 11) is -3.91. The summed E-state index contributed by atoms with van der Waals surface area (Å²) in [6, 6.07) is 11.3. The van der Waals surface area contributed by atoms with Crippen LogP contribution >= 0.6 is 0 Å². The van der Waals surface area contributed by atoms with Gasteiger partial charge < -0.3 is 10.2 Å². The molecule has 2 aliphatic rings. The Morgan fingerprint density at radius 2 is 1.92 bits per heavy atom. The zero-order valence-corrected chi connectivity index (χ0v) is 21.7. The van der Waals surface area contributed by atoms with Gasteiger partial charge in [-0.15, -0.1) is 0 Å². The van der Waals surface area contributed by atoms with Crippen molar-refractivity contribution in [3.63, 3.8) is 0 Å². The highest BCUT2D eigenvalue weighted by atomic mass is 32.2. The number of anilines is 2. The molecule has 0 aliphatic carbocycles. The molecule has 0 unspecified atom stereocenters. The van der Waals surface area contributed by atoms with Crippen molar-refractivity contribution in [2.24, 2.45) is 5.92 Å². The van der Waals surface area contributed by atoms with Crippen molar-refractivity contribution >= 4 is 33.2 Å². The van der Waals surface area contributed by atoms with Gasteiger partial charge in [-0.25, -0.2) is 8.42 Å². The van der Waals surface area contributed by atoms with Crippen molar-refractivity contribution in [3.05, 3.63) is 65.7 Å². The number of fused-ring (bicyclic) bond motifs is 1. The Kier molecular flexibility index (Phi) is 6.82. The maximum absolute atomic E-state index is 13.7. The Hall–Kier alpha value is -3.57. The third-order valence-corrected chi connectivity index (χ3v) is 9.19. The molecule has 1 atom stereocenters. The number of carbonyl (C=O) groups is 2. The quantitative estimate of drug-likeness (QED) is 0.532. The molecule has 1 aromatic carbocycles. The zero-order valence-electron chi connectivity index (χ0n) is 20.9. The van der Waals surface area contributed by atoms with Crippen LogP contribution in [0.15, 0.2) is 53.7 Å². The SMILES string of the molecule is Cc1nn(CC(=O)N2CCc3ccccc32)c(C)c1S(=O)(=O)N1CCC[C@H](C(=O)Nc2cccnc2)C1. The zero-order chi connectivity index (χ0) is 26.2. The van der Waals surface area contributed by atoms with E-state index in [9.17, 15) is 18.0 Å². The average Bonchev–Trinajstić information content (AvgIpc) is 3.45. The topological polar surface area (TPSA) is 118 Å². The second kappa shape index (κ2) is 10.1. The number of para-hydroxylation sites is 1. The summed E-state index contributed by atoms with van der Waals surface area (Å²) in [5, 5.41) is 7.25. The van der Waals surface area contributed by atoms with Gasteiger partial charge in [-0.05, 0) is 56.9 Å². The largest absolute Gasteiger partial charge is 0.324 e. The highest BCUT2D eigenvalue weighted by Gasteiger charge is 2.37. The first-order chi connectivity index (χ1) is 17.8. The molecule has 11 heteroatoms. The molecule has 4 heterocycles. The van der Waals surface area contributed by atoms with Crippen LogP contribution in [0.25, 0.3) is 0 Å². The molecule has 2 amide bonds. The molecule has 5 rings (SSSR count). The van der Waals surface area contributed by atoms with Gasteiger partial charge in [0, 0.05) is 31.5 Å². The molecule has 10 nitrogen and oxygen atoms in total. The third kappa shape index (κ3) is 4.88. The fourth-order valence-electron chi connectivity index (χ4n) is 5.20. The van der Waals surface area contributed by atoms with Gasteiger partial charge >= 0.3 is 0 Å². The van der Waals surface area contributed by atoms with Gasteiger partial charge in [-0.1, -0.05) is 18.2 Å². The molecule has 2 aromatic heterocycles. The van der Waals surface area contributed by atoms with Crippen LogP contribution in [-0.2, 0) is 32.6 Å². The first kappa shape index (κ1) is 25.1. The molecule has 2 aliphatic heterocycles. The van der Waals surface area contributed by atoms with Crippen molar-refractivity contribution in [1.29, 1.82) is 0 Å². The molecule has 1 N–H and O–H groups in total. The molecule has 1 saturated heterocycles. The number of hydrogen-bond acceptors (Lipinski definition) is 6. The van der Waals surface area contributed by atoms with Crippen LogP contribution in [0.4, 0.5) is 11.4 Å². The van der Waals surface area contributed by atoms with E-state index in [1.807, 2.05) is 24.3 Å². The van der Waals surface area contributed by atoms with E-state index in [0.717, 1.165) is 17.7 Å². The van der Waals surface area contributed by atoms with Gasteiger partial charge in [0.15, 0.2) is 0 Å². The molecule has 194 valence electrons. The van der Waals surface area contributed by atoms with E-state index >= 15 is 0 Å². The van der Waals surface area contributed by atoms with Gasteiger partial charge in [0.2, 0.25) is 21.8 Å². The minimum Gasteiger partial charge on any atom is -0.324 e. The number of piperidine rings is 1. The number of aromatic nitrogens is 3. The second-order valence-corrected chi connectivity index (χ2v) is 11.4. The first-order valence-electron chi connectivity index (χ1n) is 12.4. The second-order valence-electron chi connectivity index (χ2n) is 9.51. The summed E-state index contributed by atoms with van der Waals surface area (Å²) in [5.41, 5.74) is 3.35. The molecule has 0 spiro atoms. The lowest BCUT2D eigenvalue weighted by molar-refractivity contribution is -0.121. The summed E-state index contributed by atoms with van der Waals surface area (Å²) >= 11 is 0. The Balaban J connectivity index is 1.32. The van der Waals surface area contributed by atoms with Crippen molar-refractivity contribution in [2.75, 3.05) is 29.9 Å². The number of hydrogen-bond donors (Lipinski definition) is 1. The Bertz CT molecular complexity index is 1440. The molecule has 0 bridgehead atoms. The lowest BCUT2D eigenvalue weighted by Gasteiger charge is -2.31. The van der Waals surface area contributed by atoms with Crippen LogP contribution in [0.5, 0.6) is 0 Å². The highest BCUT2D eigenvalue weighted by molar-refractivity contribution is 7.89. The van der Waals surface area contributed by atoms with Crippen LogP contribution in [0.3, 0.4) is 0 Å². The molecule has 0 radical (unpaired) electrons. The summed E-state index contributed by atoms with van der Waals surface area (Å²) < 4.78 is 30.3. The van der Waals surface area contributed by atoms with E-state index in [4.69, 9.17) is 0 Å². The maximum atomic E-state index is 13.7. The molecule has 0 saturated carbocycles. The monoisotopic (exact) mass is 522 g/mol. The van der Waals surface area contributed by atoms with Crippen molar-refractivity contribution in [2.45, 2.75) is 44.6 Å². The maximum Gasteiger partial charge on any atom is 0.248 e. The lowest BCUT2D eigenvalue weighted by Crippen LogP contribution is -2.44. The van der Waals surface area contributed by atoms with Crippen LogP contribution < -0.4 is 10.2 Å². The Morgan fingerprint density at radius 1 is 1.11 bits per heavy atom. The number of benzene rings is 1. The normalized spacial score (nSPS) is 18.0. The molecular formula is C26H30N6O4S. The number of nitrogens with zero attached hydrogens (tertiary/aromatic N) is 5. The van der Waals surface area contributed by atoms with Crippen molar-refractivity contribution < 1.29 is 18.0 Å². The van der Waals surface area contributed by atoms with Gasteiger partial charge in [0.25, 0.3) is 0 Å². The number of sulfonamides is 1. The van der Waals surface area contributed by atoms with Crippen LogP contribution in [0.2, 0.25) is 0 Å². The van der Waals surface area contributed by atoms with Crippen molar-refractivity contribution in [3.8, 4) is 0 Å². The van der Waals surface area contributed by atoms with Gasteiger partial charge in [-0.2, -0.15) is 9.40 Å². The van der Waals surface area contributed by atoms with E-state index in [2.05, 4.69) is 15.4 Å². The highest BCUT2D eigenvalue weighted by Crippen LogP contribution is 2.30. The van der Waals surface area contributed by atoms with Crippen LogP contribution in [0.1, 0.15) is 29.8 Å². The van der Waals surface area contributed by atoms with Gasteiger partial charge in [0.05, 0.1) is 29.2 Å². The lowest BCUT2D eigenvalue weighted by atomic mass is 9.99. The predicted molar refractivity (Wildman–Crippen MR) is 139 cm³/mol. The number of pyridine rings is 1. The number of carbonyl (C=O) groups excluding carboxylic acids is 2. The fourth-order valence-corrected chi connectivity index (χ4v) is 7.10. The fraction of sp³-hybridized carbons (Fsp3) is 0.385. The van der Waals surface area contributed by atoms with Crippen molar-refractivity contribution in [1.82, 2.24) is 19.1 Å². The van der Waals surface area contributed by atoms with E-state index in [0.29, 0.717) is 43.0 Å². The first-order valence-corrected chi connectivity index (χ1v) is 13.8. The number of amides is 2. The molecular weight excluding hydrogens is 492 g/mol. The molecule has 37 heavy (non-hydrogen) atoms. The van der Waals surface area contributed by atoms with Gasteiger partial charge in [0.1, 0.15) is 11.4 Å². The summed E-state index contributed by atoms with van der Waals surface area (Å²) in [6.07, 6.45) is 5.14. The van der Waals surface area contributed by atoms with E-state index in [1.54, 1.807) is 43.3 Å². The summed E-state index contributed by atoms with van der Waals surface area (Å²) in [5.74, 6) is -0.839. The minimum atomic E-state index is -3.91. The number of nitrogens with one attached hydrogen (secondary N) is 1. The molecule has 1 fully saturated rings. The van der Waals surface area contributed by atoms with Crippen LogP contribution in [0, 0.1) is 19.8 Å². The Morgan fingerprint density at radius 3 is 2.70 bits per heavy atom. The van der Waals surface area contributed by atoms with E-state index in [-0.39, 0.29) is 29.8 Å². The van der Waals surface area contributed by atoms with Gasteiger partial charge in [-0.3, -0.25) is 19.3 Å². The smallest absolute Gasteiger partial charge is 0.248 e. The average molecular weight is 523 g/mol. The number of rotatable bonds is 6. The van der Waals surface area contributed by atoms with Crippen LogP contribution in [-0.4, -0.2) is 58.9 Å². The minimum absolute atomic E-state index is 0.0489. The summed E-state index contributed by atoms with van der Waals surface area (Å²) in [6.45, 7) is 4.28. The summed E-state index contributed by atoms with van der Waals surface area (Å²) in [4.78, 5) is 31.8. The third-order valence-electron chi connectivity index (χ3n) is 7.07. The van der Waals surface area contributed by atoms with E-state index < -0.39 is 15.9 Å². The Labute approximate surface area is 216 Å². The predicted octanol–water partition coefficient (Wildman–Crippen LogP) is 2.52. The van der Waals surface area contributed by atoms with E-state index in [1.165, 1.54) is 8.99 Å².